The van der Waals surface area contributed by atoms with Crippen molar-refractivity contribution in [3.63, 3.8) is 0 Å². The van der Waals surface area contributed by atoms with Crippen LogP contribution in [0.5, 0.6) is 0 Å². The number of carbonyl (C=O) groups is 2. The van der Waals surface area contributed by atoms with Crippen LogP contribution in [-0.4, -0.2) is 55.1 Å². The fraction of sp³-hybridized carbons (Fsp3) is 0.833. The summed E-state index contributed by atoms with van der Waals surface area (Å²) in [6, 6.07) is 0. The van der Waals surface area contributed by atoms with Crippen LogP contribution >= 0.6 is 0 Å². The first-order valence-electron chi connectivity index (χ1n) is 6.54. The molecule has 18 heavy (non-hydrogen) atoms. The minimum absolute atomic E-state index is 0.0226. The number of piperidine rings is 1. The second-order valence-corrected chi connectivity index (χ2v) is 5.08. The first-order chi connectivity index (χ1) is 8.62. The van der Waals surface area contributed by atoms with Crippen molar-refractivity contribution in [1.82, 2.24) is 10.2 Å². The first-order valence-corrected chi connectivity index (χ1v) is 6.54. The fourth-order valence-electron chi connectivity index (χ4n) is 2.35. The van der Waals surface area contributed by atoms with Gasteiger partial charge in [0.05, 0.1) is 13.2 Å². The Bertz CT molecular complexity index is 321. The highest BCUT2D eigenvalue weighted by Gasteiger charge is 2.38. The topological polar surface area (TPSA) is 84.7 Å². The van der Waals surface area contributed by atoms with E-state index in [-0.39, 0.29) is 25.0 Å². The van der Waals surface area contributed by atoms with E-state index in [0.717, 1.165) is 25.9 Å². The molecule has 1 atom stereocenters. The van der Waals surface area contributed by atoms with Crippen LogP contribution in [0.4, 0.5) is 0 Å². The Hall–Kier alpha value is -1.14. The van der Waals surface area contributed by atoms with Crippen LogP contribution in [0, 0.1) is 0 Å². The predicted molar refractivity (Wildman–Crippen MR) is 65.8 cm³/mol. The van der Waals surface area contributed by atoms with E-state index in [0.29, 0.717) is 13.0 Å². The predicted octanol–water partition coefficient (Wildman–Crippen LogP) is -0.767. The lowest BCUT2D eigenvalue weighted by Gasteiger charge is -2.27. The van der Waals surface area contributed by atoms with E-state index in [1.54, 1.807) is 4.90 Å². The summed E-state index contributed by atoms with van der Waals surface area (Å²) in [5, 5.41) is 2.63. The van der Waals surface area contributed by atoms with Crippen LogP contribution in [0.15, 0.2) is 0 Å². The smallest absolute Gasteiger partial charge is 0.243 e. The van der Waals surface area contributed by atoms with Crippen molar-refractivity contribution >= 4 is 11.8 Å². The molecule has 0 aromatic heterocycles. The maximum atomic E-state index is 11.9. The number of nitrogens with one attached hydrogen (secondary N) is 1. The molecule has 102 valence electrons. The highest BCUT2D eigenvalue weighted by Crippen LogP contribution is 2.15. The molecule has 0 radical (unpaired) electrons. The molecule has 2 rings (SSSR count). The SMILES string of the molecule is NC1(C(=O)NCC(=O)N2CCCCC2)CCOC1. The summed E-state index contributed by atoms with van der Waals surface area (Å²) in [5.41, 5.74) is 4.95. The zero-order valence-corrected chi connectivity index (χ0v) is 10.6. The van der Waals surface area contributed by atoms with Gasteiger partial charge in [-0.3, -0.25) is 9.59 Å². The molecule has 2 aliphatic rings. The summed E-state index contributed by atoms with van der Waals surface area (Å²) < 4.78 is 5.12. The van der Waals surface area contributed by atoms with E-state index in [2.05, 4.69) is 5.32 Å². The molecule has 2 amide bonds. The Kier molecular flexibility index (Phi) is 4.19. The van der Waals surface area contributed by atoms with Gasteiger partial charge in [-0.25, -0.2) is 0 Å². The van der Waals surface area contributed by atoms with E-state index >= 15 is 0 Å². The van der Waals surface area contributed by atoms with E-state index in [1.807, 2.05) is 0 Å². The van der Waals surface area contributed by atoms with Crippen LogP contribution in [0.2, 0.25) is 0 Å². The molecule has 0 bridgehead atoms. The molecule has 3 N–H and O–H groups in total. The molecule has 0 saturated carbocycles. The van der Waals surface area contributed by atoms with Gasteiger partial charge in [-0.05, 0) is 25.7 Å². The van der Waals surface area contributed by atoms with E-state index < -0.39 is 5.54 Å². The second kappa shape index (κ2) is 5.67. The summed E-state index contributed by atoms with van der Waals surface area (Å²) in [6.45, 7) is 2.37. The summed E-state index contributed by atoms with van der Waals surface area (Å²) >= 11 is 0. The van der Waals surface area contributed by atoms with Crippen LogP contribution in [0.1, 0.15) is 25.7 Å². The Morgan fingerprint density at radius 2 is 2.00 bits per heavy atom. The van der Waals surface area contributed by atoms with Crippen molar-refractivity contribution in [2.75, 3.05) is 32.8 Å². The van der Waals surface area contributed by atoms with Gasteiger partial charge in [0.15, 0.2) is 0 Å². The number of nitrogens with zero attached hydrogens (tertiary/aromatic N) is 1. The standard InChI is InChI=1S/C12H21N3O3/c13-12(4-7-18-9-12)11(17)14-8-10(16)15-5-2-1-3-6-15/h1-9,13H2,(H,14,17). The van der Waals surface area contributed by atoms with E-state index in [9.17, 15) is 9.59 Å². The lowest BCUT2D eigenvalue weighted by Crippen LogP contribution is -2.56. The van der Waals surface area contributed by atoms with Gasteiger partial charge >= 0.3 is 0 Å². The summed E-state index contributed by atoms with van der Waals surface area (Å²) in [5.74, 6) is -0.309. The highest BCUT2D eigenvalue weighted by atomic mass is 16.5. The van der Waals surface area contributed by atoms with Gasteiger partial charge in [-0.15, -0.1) is 0 Å². The summed E-state index contributed by atoms with van der Waals surface area (Å²) in [7, 11) is 0. The third-order valence-corrected chi connectivity index (χ3v) is 3.61. The van der Waals surface area contributed by atoms with E-state index in [4.69, 9.17) is 10.5 Å². The van der Waals surface area contributed by atoms with Gasteiger partial charge < -0.3 is 20.7 Å². The summed E-state index contributed by atoms with van der Waals surface area (Å²) in [4.78, 5) is 25.5. The molecule has 6 nitrogen and oxygen atoms in total. The van der Waals surface area contributed by atoms with Gasteiger partial charge in [0, 0.05) is 19.7 Å². The first kappa shape index (κ1) is 13.3. The number of ether oxygens (including phenoxy) is 1. The molecule has 2 aliphatic heterocycles. The Morgan fingerprint density at radius 1 is 1.28 bits per heavy atom. The Morgan fingerprint density at radius 3 is 2.61 bits per heavy atom. The fourth-order valence-corrected chi connectivity index (χ4v) is 2.35. The molecule has 2 fully saturated rings. The molecule has 0 aromatic carbocycles. The molecular formula is C12H21N3O3. The summed E-state index contributed by atoms with van der Waals surface area (Å²) in [6.07, 6.45) is 3.79. The lowest BCUT2D eigenvalue weighted by molar-refractivity contribution is -0.135. The molecule has 2 heterocycles. The maximum absolute atomic E-state index is 11.9. The molecule has 6 heteroatoms. The molecule has 0 aromatic rings. The van der Waals surface area contributed by atoms with Crippen LogP contribution < -0.4 is 11.1 Å². The van der Waals surface area contributed by atoms with Gasteiger partial charge in [0.25, 0.3) is 0 Å². The van der Waals surface area contributed by atoms with Crippen molar-refractivity contribution in [2.24, 2.45) is 5.73 Å². The third-order valence-electron chi connectivity index (χ3n) is 3.61. The number of rotatable bonds is 3. The quantitative estimate of drug-likeness (QED) is 0.694. The number of likely N-dealkylation sites (tertiary alicyclic amines) is 1. The number of hydrogen-bond acceptors (Lipinski definition) is 4. The van der Waals surface area contributed by atoms with Crippen LogP contribution in [0.3, 0.4) is 0 Å². The third kappa shape index (κ3) is 3.00. The van der Waals surface area contributed by atoms with Gasteiger partial charge in [0.2, 0.25) is 11.8 Å². The molecule has 1 unspecified atom stereocenters. The molecular weight excluding hydrogens is 234 g/mol. The van der Waals surface area contributed by atoms with Gasteiger partial charge in [-0.1, -0.05) is 0 Å². The van der Waals surface area contributed by atoms with Crippen LogP contribution in [-0.2, 0) is 14.3 Å². The average Bonchev–Trinajstić information content (AvgIpc) is 2.85. The minimum Gasteiger partial charge on any atom is -0.379 e. The monoisotopic (exact) mass is 255 g/mol. The number of hydrogen-bond donors (Lipinski definition) is 2. The van der Waals surface area contributed by atoms with Crippen molar-refractivity contribution in [3.8, 4) is 0 Å². The molecule has 0 spiro atoms. The van der Waals surface area contributed by atoms with Crippen molar-refractivity contribution in [3.05, 3.63) is 0 Å². The molecule has 0 aliphatic carbocycles. The number of nitrogens with two attached hydrogens (primary N) is 1. The minimum atomic E-state index is -0.956. The average molecular weight is 255 g/mol. The van der Waals surface area contributed by atoms with Crippen LogP contribution in [0.25, 0.3) is 0 Å². The zero-order chi connectivity index (χ0) is 13.0. The van der Waals surface area contributed by atoms with Crippen molar-refractivity contribution in [2.45, 2.75) is 31.2 Å². The Balaban J connectivity index is 1.76. The van der Waals surface area contributed by atoms with Gasteiger partial charge in [-0.2, -0.15) is 0 Å². The number of amides is 2. The van der Waals surface area contributed by atoms with Gasteiger partial charge in [0.1, 0.15) is 5.54 Å². The zero-order valence-electron chi connectivity index (χ0n) is 10.6. The Labute approximate surface area is 107 Å². The second-order valence-electron chi connectivity index (χ2n) is 5.08. The van der Waals surface area contributed by atoms with Crippen molar-refractivity contribution < 1.29 is 14.3 Å². The lowest BCUT2D eigenvalue weighted by atomic mass is 9.99. The van der Waals surface area contributed by atoms with E-state index in [1.165, 1.54) is 6.42 Å². The maximum Gasteiger partial charge on any atom is 0.243 e. The number of carbonyl (C=O) groups excluding carboxylic acids is 2. The molecule has 2 saturated heterocycles. The largest absolute Gasteiger partial charge is 0.379 e. The normalized spacial score (nSPS) is 28.2. The van der Waals surface area contributed by atoms with Crippen molar-refractivity contribution in [1.29, 1.82) is 0 Å². The highest BCUT2D eigenvalue weighted by molar-refractivity contribution is 5.90.